The average Bonchev–Trinajstić information content (AvgIpc) is 2.54. The van der Waals surface area contributed by atoms with Crippen LogP contribution >= 0.6 is 0 Å². The fourth-order valence-corrected chi connectivity index (χ4v) is 2.78. The van der Waals surface area contributed by atoms with Crippen LogP contribution in [0.25, 0.3) is 0 Å². The van der Waals surface area contributed by atoms with E-state index in [0.29, 0.717) is 25.2 Å². The number of aromatic nitrogens is 1. The van der Waals surface area contributed by atoms with Crippen molar-refractivity contribution in [3.63, 3.8) is 0 Å². The molecule has 0 spiro atoms. The van der Waals surface area contributed by atoms with Crippen molar-refractivity contribution in [1.29, 1.82) is 0 Å². The van der Waals surface area contributed by atoms with Crippen molar-refractivity contribution in [3.05, 3.63) is 66.0 Å². The molecule has 0 N–H and O–H groups in total. The van der Waals surface area contributed by atoms with E-state index < -0.39 is 0 Å². The van der Waals surface area contributed by atoms with Crippen LogP contribution in [0.3, 0.4) is 0 Å². The van der Waals surface area contributed by atoms with E-state index >= 15 is 0 Å². The lowest BCUT2D eigenvalue weighted by molar-refractivity contribution is -0.118. The number of carbonyl (C=O) groups is 1. The summed E-state index contributed by atoms with van der Waals surface area (Å²) in [6, 6.07) is 14.2. The minimum atomic E-state index is 0.281. The van der Waals surface area contributed by atoms with Crippen molar-refractivity contribution >= 4 is 11.5 Å². The van der Waals surface area contributed by atoms with Gasteiger partial charge >= 0.3 is 0 Å². The van der Waals surface area contributed by atoms with E-state index in [4.69, 9.17) is 0 Å². The predicted molar refractivity (Wildman–Crippen MR) is 83.4 cm³/mol. The zero-order valence-corrected chi connectivity index (χ0v) is 11.9. The summed E-state index contributed by atoms with van der Waals surface area (Å²) in [5, 5.41) is 0. The summed E-state index contributed by atoms with van der Waals surface area (Å²) in [7, 11) is 0. The Morgan fingerprint density at radius 3 is 2.57 bits per heavy atom. The number of carbonyl (C=O) groups excluding carboxylic acids is 1. The molecule has 21 heavy (non-hydrogen) atoms. The van der Waals surface area contributed by atoms with Crippen LogP contribution < -0.4 is 0 Å². The van der Waals surface area contributed by atoms with Crippen molar-refractivity contribution in [2.24, 2.45) is 4.99 Å². The highest BCUT2D eigenvalue weighted by Crippen LogP contribution is 2.29. The highest BCUT2D eigenvalue weighted by Gasteiger charge is 2.24. The van der Waals surface area contributed by atoms with Gasteiger partial charge in [-0.15, -0.1) is 0 Å². The lowest BCUT2D eigenvalue weighted by Gasteiger charge is -2.23. The van der Waals surface area contributed by atoms with Crippen LogP contribution in [-0.4, -0.2) is 16.5 Å². The third-order valence-corrected chi connectivity index (χ3v) is 3.86. The molecule has 1 aliphatic rings. The third-order valence-electron chi connectivity index (χ3n) is 3.86. The Morgan fingerprint density at radius 2 is 1.81 bits per heavy atom. The molecule has 1 aromatic heterocycles. The largest absolute Gasteiger partial charge is 0.299 e. The Labute approximate surface area is 124 Å². The maximum absolute atomic E-state index is 12.0. The zero-order chi connectivity index (χ0) is 14.5. The molecule has 1 fully saturated rings. The highest BCUT2D eigenvalue weighted by molar-refractivity contribution is 6.05. The molecule has 2 aromatic rings. The molecule has 0 amide bonds. The summed E-state index contributed by atoms with van der Waals surface area (Å²) >= 11 is 0. The summed E-state index contributed by atoms with van der Waals surface area (Å²) in [6.07, 6.45) is 5.58. The molecule has 0 unspecified atom stereocenters. The predicted octanol–water partition coefficient (Wildman–Crippen LogP) is 3.56. The molecule has 3 rings (SSSR count). The second-order valence-corrected chi connectivity index (χ2v) is 5.47. The molecule has 3 nitrogen and oxygen atoms in total. The van der Waals surface area contributed by atoms with Crippen molar-refractivity contribution in [3.8, 4) is 0 Å². The number of ketones is 1. The van der Waals surface area contributed by atoms with Crippen molar-refractivity contribution < 1.29 is 4.79 Å². The minimum absolute atomic E-state index is 0.281. The first-order valence-electron chi connectivity index (χ1n) is 7.29. The molecule has 1 heterocycles. The SMILES string of the molecule is O=C1CC(=NCc2ccncc2)C[C@H](c2ccccc2)C1. The van der Waals surface area contributed by atoms with E-state index in [1.807, 2.05) is 30.3 Å². The Bertz CT molecular complexity index is 635. The van der Waals surface area contributed by atoms with Gasteiger partial charge in [-0.3, -0.25) is 14.8 Å². The van der Waals surface area contributed by atoms with Crippen LogP contribution in [0.5, 0.6) is 0 Å². The van der Waals surface area contributed by atoms with Gasteiger partial charge in [-0.05, 0) is 35.6 Å². The van der Waals surface area contributed by atoms with Crippen LogP contribution in [-0.2, 0) is 11.3 Å². The minimum Gasteiger partial charge on any atom is -0.299 e. The monoisotopic (exact) mass is 278 g/mol. The zero-order valence-electron chi connectivity index (χ0n) is 11.9. The fourth-order valence-electron chi connectivity index (χ4n) is 2.78. The van der Waals surface area contributed by atoms with E-state index in [-0.39, 0.29) is 5.92 Å². The number of hydrogen-bond acceptors (Lipinski definition) is 3. The van der Waals surface area contributed by atoms with Gasteiger partial charge in [0.25, 0.3) is 0 Å². The van der Waals surface area contributed by atoms with Crippen molar-refractivity contribution in [2.45, 2.75) is 31.7 Å². The van der Waals surface area contributed by atoms with Gasteiger partial charge in [-0.25, -0.2) is 0 Å². The number of hydrogen-bond donors (Lipinski definition) is 0. The Morgan fingerprint density at radius 1 is 1.05 bits per heavy atom. The normalized spacial score (nSPS) is 20.7. The van der Waals surface area contributed by atoms with Gasteiger partial charge in [-0.1, -0.05) is 30.3 Å². The number of nitrogens with zero attached hydrogens (tertiary/aromatic N) is 2. The van der Waals surface area contributed by atoms with Crippen LogP contribution in [0.1, 0.15) is 36.3 Å². The first kappa shape index (κ1) is 13.7. The number of aliphatic imine (C=N–C) groups is 1. The molecule has 0 bridgehead atoms. The lowest BCUT2D eigenvalue weighted by Crippen LogP contribution is -2.21. The van der Waals surface area contributed by atoms with Crippen LogP contribution in [0.15, 0.2) is 59.9 Å². The van der Waals surface area contributed by atoms with E-state index in [1.54, 1.807) is 12.4 Å². The molecule has 1 atom stereocenters. The summed E-state index contributed by atoms with van der Waals surface area (Å²) in [5.41, 5.74) is 3.39. The standard InChI is InChI=1S/C18H18N2O/c21-18-11-16(15-4-2-1-3-5-15)10-17(12-18)20-13-14-6-8-19-9-7-14/h1-9,16H,10-13H2/t16-/m0/s1. The second-order valence-electron chi connectivity index (χ2n) is 5.47. The number of rotatable bonds is 3. The molecular formula is C18H18N2O. The molecule has 0 aliphatic heterocycles. The maximum Gasteiger partial charge on any atom is 0.139 e. The lowest BCUT2D eigenvalue weighted by atomic mass is 9.82. The molecule has 1 aliphatic carbocycles. The van der Waals surface area contributed by atoms with Gasteiger partial charge in [0.05, 0.1) is 6.54 Å². The quantitative estimate of drug-likeness (QED) is 0.861. The maximum atomic E-state index is 12.0. The first-order chi connectivity index (χ1) is 10.3. The van der Waals surface area contributed by atoms with Crippen LogP contribution in [0.4, 0.5) is 0 Å². The number of pyridine rings is 1. The second kappa shape index (κ2) is 6.44. The topological polar surface area (TPSA) is 42.3 Å². The van der Waals surface area contributed by atoms with Gasteiger partial charge in [-0.2, -0.15) is 0 Å². The summed E-state index contributed by atoms with van der Waals surface area (Å²) in [5.74, 6) is 0.576. The average molecular weight is 278 g/mol. The molecule has 1 saturated carbocycles. The van der Waals surface area contributed by atoms with Gasteiger partial charge < -0.3 is 0 Å². The molecule has 106 valence electrons. The summed E-state index contributed by atoms with van der Waals surface area (Å²) < 4.78 is 0. The Hall–Kier alpha value is -2.29. The summed E-state index contributed by atoms with van der Waals surface area (Å²) in [6.45, 7) is 0.632. The molecule has 1 aromatic carbocycles. The first-order valence-corrected chi connectivity index (χ1v) is 7.29. The van der Waals surface area contributed by atoms with Crippen LogP contribution in [0.2, 0.25) is 0 Å². The Kier molecular flexibility index (Phi) is 4.20. The fraction of sp³-hybridized carbons (Fsp3) is 0.278. The van der Waals surface area contributed by atoms with Gasteiger partial charge in [0.1, 0.15) is 5.78 Å². The molecule has 0 saturated heterocycles. The van der Waals surface area contributed by atoms with Gasteiger partial charge in [0.15, 0.2) is 0 Å². The van der Waals surface area contributed by atoms with E-state index in [1.165, 1.54) is 5.56 Å². The van der Waals surface area contributed by atoms with Gasteiger partial charge in [0, 0.05) is 30.9 Å². The number of Topliss-reactive ketones (excluding diaryl/α,β-unsaturated/α-hetero) is 1. The Balaban J connectivity index is 1.73. The smallest absolute Gasteiger partial charge is 0.139 e. The van der Waals surface area contributed by atoms with Crippen molar-refractivity contribution in [2.75, 3.05) is 0 Å². The molecule has 0 radical (unpaired) electrons. The van der Waals surface area contributed by atoms with Crippen LogP contribution in [0, 0.1) is 0 Å². The third kappa shape index (κ3) is 3.63. The van der Waals surface area contributed by atoms with Crippen molar-refractivity contribution in [1.82, 2.24) is 4.98 Å². The number of benzene rings is 1. The van der Waals surface area contributed by atoms with Gasteiger partial charge in [0.2, 0.25) is 0 Å². The molecule has 3 heteroatoms. The van der Waals surface area contributed by atoms with E-state index in [0.717, 1.165) is 17.7 Å². The highest BCUT2D eigenvalue weighted by atomic mass is 16.1. The summed E-state index contributed by atoms with van der Waals surface area (Å²) in [4.78, 5) is 20.6. The van der Waals surface area contributed by atoms with E-state index in [2.05, 4.69) is 22.1 Å². The molecular weight excluding hydrogens is 260 g/mol. The van der Waals surface area contributed by atoms with E-state index in [9.17, 15) is 4.79 Å².